The van der Waals surface area contributed by atoms with Crippen LogP contribution in [0.1, 0.15) is 29.9 Å². The largest absolute Gasteiger partial charge is 0.496 e. The molecule has 0 radical (unpaired) electrons. The van der Waals surface area contributed by atoms with Gasteiger partial charge in [0.25, 0.3) is 11.2 Å². The SMILES string of the molecule is COC(=O)C1=C(C)N=c2s/c(=C\c3ccc(-c4cccc([N+](=O)[O-])c4C)o3)c(=O)n2[C@H]1c1cc(Cl)ccc1OC. The third kappa shape index (κ3) is 4.63. The summed E-state index contributed by atoms with van der Waals surface area (Å²) in [5.41, 5.74) is 1.69. The van der Waals surface area contributed by atoms with Gasteiger partial charge in [0.2, 0.25) is 0 Å². The maximum absolute atomic E-state index is 13.8. The number of carbonyl (C=O) groups excluding carboxylic acids is 1. The number of nitro groups is 1. The number of benzene rings is 2. The number of nitrogens with zero attached hydrogens (tertiary/aromatic N) is 3. The van der Waals surface area contributed by atoms with Gasteiger partial charge in [-0.2, -0.15) is 0 Å². The lowest BCUT2D eigenvalue weighted by Crippen LogP contribution is -2.40. The van der Waals surface area contributed by atoms with Crippen LogP contribution in [0, 0.1) is 17.0 Å². The molecule has 0 bridgehead atoms. The van der Waals surface area contributed by atoms with E-state index in [1.807, 2.05) is 0 Å². The summed E-state index contributed by atoms with van der Waals surface area (Å²) in [6.07, 6.45) is 1.57. The van der Waals surface area contributed by atoms with Crippen LogP contribution in [0.3, 0.4) is 0 Å². The molecule has 0 amide bonds. The van der Waals surface area contributed by atoms with Crippen LogP contribution >= 0.6 is 22.9 Å². The molecular weight excluding hydrogens is 558 g/mol. The molecule has 0 saturated heterocycles. The Bertz CT molecular complexity index is 1900. The van der Waals surface area contributed by atoms with Crippen molar-refractivity contribution in [3.8, 4) is 17.1 Å². The first kappa shape index (κ1) is 27.1. The zero-order valence-corrected chi connectivity index (χ0v) is 23.3. The highest BCUT2D eigenvalue weighted by molar-refractivity contribution is 7.07. The van der Waals surface area contributed by atoms with Crippen molar-refractivity contribution >= 4 is 40.7 Å². The Morgan fingerprint density at radius 3 is 2.67 bits per heavy atom. The Morgan fingerprint density at radius 1 is 1.20 bits per heavy atom. The Balaban J connectivity index is 1.67. The summed E-state index contributed by atoms with van der Waals surface area (Å²) in [7, 11) is 2.75. The molecule has 2 aromatic carbocycles. The predicted molar refractivity (Wildman–Crippen MR) is 149 cm³/mol. The lowest BCUT2D eigenvalue weighted by Gasteiger charge is -2.25. The van der Waals surface area contributed by atoms with Crippen LogP contribution in [0.4, 0.5) is 5.69 Å². The van der Waals surface area contributed by atoms with Crippen LogP contribution in [0.5, 0.6) is 5.75 Å². The zero-order valence-electron chi connectivity index (χ0n) is 21.8. The van der Waals surface area contributed by atoms with Crippen molar-refractivity contribution in [2.75, 3.05) is 14.2 Å². The third-order valence-corrected chi connectivity index (χ3v) is 7.80. The number of ether oxygens (including phenoxy) is 2. The van der Waals surface area contributed by atoms with Gasteiger partial charge in [-0.25, -0.2) is 9.79 Å². The minimum atomic E-state index is -0.904. The Hall–Kier alpha value is -4.48. The van der Waals surface area contributed by atoms with E-state index in [9.17, 15) is 19.7 Å². The van der Waals surface area contributed by atoms with Crippen molar-refractivity contribution in [1.82, 2.24) is 4.57 Å². The molecule has 0 fully saturated rings. The van der Waals surface area contributed by atoms with E-state index in [4.69, 9.17) is 25.5 Å². The fraction of sp³-hybridized carbons (Fsp3) is 0.179. The molecule has 4 aromatic rings. The molecule has 0 saturated carbocycles. The number of thiazole rings is 1. The van der Waals surface area contributed by atoms with Gasteiger partial charge in [0.15, 0.2) is 4.80 Å². The van der Waals surface area contributed by atoms with Crippen LogP contribution in [-0.2, 0) is 9.53 Å². The van der Waals surface area contributed by atoms with Crippen molar-refractivity contribution in [3.63, 3.8) is 0 Å². The van der Waals surface area contributed by atoms with Crippen molar-refractivity contribution in [1.29, 1.82) is 0 Å². The van der Waals surface area contributed by atoms with Crippen LogP contribution < -0.4 is 19.6 Å². The normalized spacial score (nSPS) is 15.0. The molecular formula is C28H22ClN3O7S. The van der Waals surface area contributed by atoms with Gasteiger partial charge in [-0.1, -0.05) is 35.1 Å². The van der Waals surface area contributed by atoms with Gasteiger partial charge in [0, 0.05) is 33.9 Å². The minimum Gasteiger partial charge on any atom is -0.496 e. The molecule has 12 heteroatoms. The number of fused-ring (bicyclic) bond motifs is 1. The average molecular weight is 580 g/mol. The van der Waals surface area contributed by atoms with Crippen LogP contribution in [-0.4, -0.2) is 29.7 Å². The van der Waals surface area contributed by atoms with E-state index in [1.54, 1.807) is 62.4 Å². The summed E-state index contributed by atoms with van der Waals surface area (Å²) < 4.78 is 18.3. The highest BCUT2D eigenvalue weighted by Crippen LogP contribution is 2.37. The van der Waals surface area contributed by atoms with E-state index < -0.39 is 22.5 Å². The third-order valence-electron chi connectivity index (χ3n) is 6.58. The van der Waals surface area contributed by atoms with Gasteiger partial charge in [-0.05, 0) is 44.2 Å². The molecule has 1 atom stereocenters. The number of methoxy groups -OCH3 is 2. The van der Waals surface area contributed by atoms with Gasteiger partial charge in [0.05, 0.1) is 34.9 Å². The van der Waals surface area contributed by atoms with Gasteiger partial charge in [0.1, 0.15) is 23.3 Å². The maximum Gasteiger partial charge on any atom is 0.338 e. The molecule has 0 N–H and O–H groups in total. The molecule has 40 heavy (non-hydrogen) atoms. The van der Waals surface area contributed by atoms with Crippen LogP contribution in [0.2, 0.25) is 5.02 Å². The second-order valence-corrected chi connectivity index (χ2v) is 10.3. The van der Waals surface area contributed by atoms with Gasteiger partial charge in [-0.15, -0.1) is 0 Å². The molecule has 204 valence electrons. The van der Waals surface area contributed by atoms with Crippen molar-refractivity contribution in [3.05, 3.63) is 112 Å². The zero-order chi connectivity index (χ0) is 28.7. The van der Waals surface area contributed by atoms with Crippen LogP contribution in [0.25, 0.3) is 17.4 Å². The summed E-state index contributed by atoms with van der Waals surface area (Å²) in [5, 5.41) is 11.8. The first-order valence-electron chi connectivity index (χ1n) is 11.9. The summed E-state index contributed by atoms with van der Waals surface area (Å²) in [4.78, 5) is 42.5. The first-order valence-corrected chi connectivity index (χ1v) is 13.1. The maximum atomic E-state index is 13.8. The Kier molecular flexibility index (Phi) is 7.17. The average Bonchev–Trinajstić information content (AvgIpc) is 3.51. The smallest absolute Gasteiger partial charge is 0.338 e. The standard InChI is InChI=1S/C28H22ClN3O7S/c1-14-18(6-5-7-20(14)32(35)36)22-11-9-17(39-22)13-23-26(33)31-25(19-12-16(29)8-10-21(19)37-3)24(27(34)38-4)15(2)30-28(31)40-23/h5-13,25H,1-4H3/b23-13-/t25-/m0/s1. The Morgan fingerprint density at radius 2 is 1.98 bits per heavy atom. The number of aromatic nitrogens is 1. The fourth-order valence-electron chi connectivity index (χ4n) is 4.70. The molecule has 5 rings (SSSR count). The molecule has 0 unspecified atom stereocenters. The van der Waals surface area contributed by atoms with E-state index in [0.717, 1.165) is 11.3 Å². The van der Waals surface area contributed by atoms with Gasteiger partial charge >= 0.3 is 5.97 Å². The lowest BCUT2D eigenvalue weighted by atomic mass is 9.95. The summed E-state index contributed by atoms with van der Waals surface area (Å²) >= 11 is 7.44. The number of furan rings is 1. The molecule has 2 aromatic heterocycles. The second kappa shape index (κ2) is 10.6. The molecule has 3 heterocycles. The number of hydrogen-bond donors (Lipinski definition) is 0. The lowest BCUT2D eigenvalue weighted by molar-refractivity contribution is -0.385. The number of halogens is 1. The number of allylic oxidation sites excluding steroid dienone is 1. The van der Waals surface area contributed by atoms with E-state index in [-0.39, 0.29) is 11.3 Å². The van der Waals surface area contributed by atoms with Gasteiger partial charge in [-0.3, -0.25) is 19.5 Å². The van der Waals surface area contributed by atoms with Crippen molar-refractivity contribution < 1.29 is 23.6 Å². The molecule has 0 aliphatic carbocycles. The number of esters is 1. The number of carbonyl (C=O) groups is 1. The summed E-state index contributed by atoms with van der Waals surface area (Å²) in [6.45, 7) is 3.33. The topological polar surface area (TPSA) is 126 Å². The van der Waals surface area contributed by atoms with Crippen molar-refractivity contribution in [2.24, 2.45) is 4.99 Å². The summed E-state index contributed by atoms with van der Waals surface area (Å²) in [6, 6.07) is 12.2. The highest BCUT2D eigenvalue weighted by Gasteiger charge is 2.35. The minimum absolute atomic E-state index is 0.0167. The van der Waals surface area contributed by atoms with Crippen LogP contribution in [0.15, 0.2) is 74.0 Å². The number of nitro benzene ring substituents is 1. The summed E-state index contributed by atoms with van der Waals surface area (Å²) in [5.74, 6) is 0.589. The van der Waals surface area contributed by atoms with E-state index in [0.29, 0.717) is 54.0 Å². The monoisotopic (exact) mass is 579 g/mol. The Labute approximate surface area is 236 Å². The number of rotatable bonds is 6. The fourth-order valence-corrected chi connectivity index (χ4v) is 5.91. The highest BCUT2D eigenvalue weighted by atomic mass is 35.5. The second-order valence-electron chi connectivity index (χ2n) is 8.87. The molecule has 10 nitrogen and oxygen atoms in total. The quantitative estimate of drug-likeness (QED) is 0.186. The predicted octanol–water partition coefficient (Wildman–Crippen LogP) is 4.55. The first-order chi connectivity index (χ1) is 19.1. The van der Waals surface area contributed by atoms with E-state index in [2.05, 4.69) is 4.99 Å². The van der Waals surface area contributed by atoms with E-state index >= 15 is 0 Å². The molecule has 0 spiro atoms. The van der Waals surface area contributed by atoms with Crippen molar-refractivity contribution in [2.45, 2.75) is 19.9 Å². The molecule has 1 aliphatic heterocycles. The van der Waals surface area contributed by atoms with Gasteiger partial charge < -0.3 is 13.9 Å². The molecule has 1 aliphatic rings. The van der Waals surface area contributed by atoms with E-state index in [1.165, 1.54) is 24.9 Å². The number of hydrogen-bond acceptors (Lipinski definition) is 9.